The Hall–Kier alpha value is -1.63. The number of nitrogens with zero attached hydrogens (tertiary/aromatic N) is 2. The molecule has 0 aliphatic heterocycles. The maximum atomic E-state index is 13.6. The van der Waals surface area contributed by atoms with Gasteiger partial charge in [-0.2, -0.15) is 22.5 Å². The van der Waals surface area contributed by atoms with Crippen LogP contribution in [0.1, 0.15) is 5.56 Å². The van der Waals surface area contributed by atoms with Gasteiger partial charge in [0.25, 0.3) is 11.9 Å². The fraction of sp³-hybridized carbons (Fsp3) is 0.154. The first kappa shape index (κ1) is 14.8. The molecule has 0 amide bonds. The van der Waals surface area contributed by atoms with Crippen LogP contribution < -0.4 is 4.90 Å². The largest absolute Gasteiger partial charge is 0.365 e. The van der Waals surface area contributed by atoms with E-state index in [9.17, 15) is 17.6 Å². The molecule has 7 heteroatoms. The van der Waals surface area contributed by atoms with Crippen LogP contribution in [0.5, 0.6) is 0 Å². The average Bonchev–Trinajstić information content (AvgIpc) is 2.39. The summed E-state index contributed by atoms with van der Waals surface area (Å²) in [7, 11) is 1.33. The lowest BCUT2D eigenvalue weighted by Gasteiger charge is -2.21. The number of aromatic nitrogens is 1. The van der Waals surface area contributed by atoms with Gasteiger partial charge >= 0.3 is 0 Å². The first-order valence-corrected chi connectivity index (χ1v) is 6.35. The zero-order chi connectivity index (χ0) is 14.9. The van der Waals surface area contributed by atoms with Gasteiger partial charge in [-0.3, -0.25) is 0 Å². The van der Waals surface area contributed by atoms with Crippen LogP contribution in [0.25, 0.3) is 0 Å². The summed E-state index contributed by atoms with van der Waals surface area (Å²) in [5.41, 5.74) is -0.0721. The molecular formula is C13H9BrF4N2. The Morgan fingerprint density at radius 1 is 1.05 bits per heavy atom. The molecule has 0 atom stereocenters. The number of halogens is 5. The fourth-order valence-corrected chi connectivity index (χ4v) is 2.18. The van der Waals surface area contributed by atoms with Gasteiger partial charge in [-0.1, -0.05) is 34.1 Å². The molecule has 0 spiro atoms. The van der Waals surface area contributed by atoms with Crippen molar-refractivity contribution in [1.82, 2.24) is 4.98 Å². The topological polar surface area (TPSA) is 16.1 Å². The maximum absolute atomic E-state index is 13.6. The van der Waals surface area contributed by atoms with Gasteiger partial charge in [-0.05, 0) is 11.6 Å². The van der Waals surface area contributed by atoms with Crippen LogP contribution in [0, 0.1) is 23.5 Å². The molecule has 1 heterocycles. The third-order valence-electron chi connectivity index (χ3n) is 2.72. The standard InChI is InChI=1S/C13H9BrF4N2/c1-20(6-7-4-2-3-5-8(7)14)11-9(15)12(17)19-13(18)10(11)16/h2-5H,6H2,1H3. The Morgan fingerprint density at radius 3 is 2.15 bits per heavy atom. The highest BCUT2D eigenvalue weighted by Crippen LogP contribution is 2.27. The predicted octanol–water partition coefficient (Wildman–Crippen LogP) is 4.04. The van der Waals surface area contributed by atoms with Crippen molar-refractivity contribution < 1.29 is 17.6 Å². The summed E-state index contributed by atoms with van der Waals surface area (Å²) in [6, 6.07) is 7.00. The monoisotopic (exact) mass is 348 g/mol. The lowest BCUT2D eigenvalue weighted by Crippen LogP contribution is -2.21. The summed E-state index contributed by atoms with van der Waals surface area (Å²) in [5, 5.41) is 0. The third-order valence-corrected chi connectivity index (χ3v) is 3.50. The Balaban J connectivity index is 2.40. The first-order chi connectivity index (χ1) is 9.41. The van der Waals surface area contributed by atoms with Gasteiger partial charge in [0.2, 0.25) is 11.6 Å². The molecule has 0 unspecified atom stereocenters. The number of pyridine rings is 1. The molecule has 0 saturated heterocycles. The van der Waals surface area contributed by atoms with Crippen LogP contribution in [0.2, 0.25) is 0 Å². The molecule has 2 rings (SSSR count). The van der Waals surface area contributed by atoms with Crippen molar-refractivity contribution in [3.05, 3.63) is 57.8 Å². The summed E-state index contributed by atoms with van der Waals surface area (Å²) < 4.78 is 54.1. The zero-order valence-corrected chi connectivity index (χ0v) is 11.9. The van der Waals surface area contributed by atoms with Gasteiger partial charge < -0.3 is 4.90 Å². The Morgan fingerprint density at radius 2 is 1.60 bits per heavy atom. The highest BCUT2D eigenvalue weighted by Gasteiger charge is 2.23. The summed E-state index contributed by atoms with van der Waals surface area (Å²) >= 11 is 3.29. The number of benzene rings is 1. The second kappa shape index (κ2) is 5.78. The molecule has 0 aliphatic carbocycles. The van der Waals surface area contributed by atoms with E-state index in [0.29, 0.717) is 5.56 Å². The third kappa shape index (κ3) is 2.77. The lowest BCUT2D eigenvalue weighted by atomic mass is 10.2. The van der Waals surface area contributed by atoms with Crippen molar-refractivity contribution in [2.45, 2.75) is 6.54 Å². The maximum Gasteiger partial charge on any atom is 0.253 e. The van der Waals surface area contributed by atoms with E-state index in [1.807, 2.05) is 0 Å². The van der Waals surface area contributed by atoms with E-state index < -0.39 is 29.2 Å². The molecule has 0 radical (unpaired) electrons. The SMILES string of the molecule is CN(Cc1ccccc1Br)c1c(F)c(F)nc(F)c1F. The zero-order valence-electron chi connectivity index (χ0n) is 10.3. The lowest BCUT2D eigenvalue weighted by molar-refractivity contribution is 0.407. The summed E-state index contributed by atoms with van der Waals surface area (Å²) in [6.45, 7) is 0.0676. The molecule has 1 aromatic heterocycles. The minimum absolute atomic E-state index is 0.0676. The van der Waals surface area contributed by atoms with Gasteiger partial charge in [0, 0.05) is 18.1 Å². The van der Waals surface area contributed by atoms with E-state index in [0.717, 1.165) is 9.37 Å². The molecule has 0 N–H and O–H groups in total. The number of hydrogen-bond acceptors (Lipinski definition) is 2. The quantitative estimate of drug-likeness (QED) is 0.614. The number of anilines is 1. The van der Waals surface area contributed by atoms with Gasteiger partial charge in [-0.25, -0.2) is 0 Å². The van der Waals surface area contributed by atoms with Crippen molar-refractivity contribution >= 4 is 21.6 Å². The van der Waals surface area contributed by atoms with Crippen LogP contribution in [0.3, 0.4) is 0 Å². The van der Waals surface area contributed by atoms with Gasteiger partial charge in [0.1, 0.15) is 5.69 Å². The van der Waals surface area contributed by atoms with Crippen molar-refractivity contribution in [3.63, 3.8) is 0 Å². The smallest absolute Gasteiger partial charge is 0.253 e. The molecular weight excluding hydrogens is 340 g/mol. The summed E-state index contributed by atoms with van der Waals surface area (Å²) in [4.78, 5) is 3.60. The van der Waals surface area contributed by atoms with E-state index in [1.54, 1.807) is 24.3 Å². The second-order valence-corrected chi connectivity index (χ2v) is 4.97. The van der Waals surface area contributed by atoms with Crippen LogP contribution in [-0.4, -0.2) is 12.0 Å². The molecule has 106 valence electrons. The van der Waals surface area contributed by atoms with Crippen LogP contribution >= 0.6 is 15.9 Å². The molecule has 1 aromatic carbocycles. The molecule has 2 nitrogen and oxygen atoms in total. The Kier molecular flexibility index (Phi) is 4.27. The Bertz CT molecular complexity index is 622. The summed E-state index contributed by atoms with van der Waals surface area (Å²) in [5.74, 6) is -6.37. The van der Waals surface area contributed by atoms with E-state index in [2.05, 4.69) is 20.9 Å². The highest BCUT2D eigenvalue weighted by atomic mass is 79.9. The predicted molar refractivity (Wildman–Crippen MR) is 70.3 cm³/mol. The molecule has 0 saturated carbocycles. The molecule has 20 heavy (non-hydrogen) atoms. The van der Waals surface area contributed by atoms with Crippen LogP contribution in [-0.2, 0) is 6.54 Å². The minimum atomic E-state index is -1.67. The van der Waals surface area contributed by atoms with Gasteiger partial charge in [0.05, 0.1) is 0 Å². The van der Waals surface area contributed by atoms with E-state index >= 15 is 0 Å². The van der Waals surface area contributed by atoms with Crippen molar-refractivity contribution in [2.24, 2.45) is 0 Å². The first-order valence-electron chi connectivity index (χ1n) is 5.56. The fourth-order valence-electron chi connectivity index (χ4n) is 1.77. The van der Waals surface area contributed by atoms with Gasteiger partial charge in [-0.15, -0.1) is 0 Å². The van der Waals surface area contributed by atoms with E-state index in [4.69, 9.17) is 0 Å². The van der Waals surface area contributed by atoms with Gasteiger partial charge in [0.15, 0.2) is 0 Å². The van der Waals surface area contributed by atoms with E-state index in [-0.39, 0.29) is 6.54 Å². The van der Waals surface area contributed by atoms with Crippen molar-refractivity contribution in [3.8, 4) is 0 Å². The number of hydrogen-bond donors (Lipinski definition) is 0. The average molecular weight is 349 g/mol. The Labute approximate surface area is 121 Å². The van der Waals surface area contributed by atoms with Crippen molar-refractivity contribution in [2.75, 3.05) is 11.9 Å². The van der Waals surface area contributed by atoms with E-state index in [1.165, 1.54) is 7.05 Å². The second-order valence-electron chi connectivity index (χ2n) is 4.12. The highest BCUT2D eigenvalue weighted by molar-refractivity contribution is 9.10. The van der Waals surface area contributed by atoms with Crippen molar-refractivity contribution in [1.29, 1.82) is 0 Å². The minimum Gasteiger partial charge on any atom is -0.365 e. The van der Waals surface area contributed by atoms with Crippen LogP contribution in [0.15, 0.2) is 28.7 Å². The van der Waals surface area contributed by atoms with Crippen LogP contribution in [0.4, 0.5) is 23.2 Å². The molecule has 0 fully saturated rings. The normalized spacial score (nSPS) is 10.7. The molecule has 0 aliphatic rings. The molecule has 0 bridgehead atoms. The molecule has 2 aromatic rings. The summed E-state index contributed by atoms with van der Waals surface area (Å²) in [6.07, 6.45) is 0. The number of rotatable bonds is 3.